The van der Waals surface area contributed by atoms with E-state index in [0.29, 0.717) is 11.1 Å². The van der Waals surface area contributed by atoms with Gasteiger partial charge >= 0.3 is 12.4 Å². The van der Waals surface area contributed by atoms with Crippen molar-refractivity contribution in [2.24, 2.45) is 0 Å². The zero-order valence-corrected chi connectivity index (χ0v) is 20.1. The molecule has 1 aliphatic heterocycles. The summed E-state index contributed by atoms with van der Waals surface area (Å²) >= 11 is 0. The van der Waals surface area contributed by atoms with Gasteiger partial charge in [0.25, 0.3) is 0 Å². The van der Waals surface area contributed by atoms with E-state index in [0.717, 1.165) is 51.3 Å². The van der Waals surface area contributed by atoms with Crippen molar-refractivity contribution in [3.05, 3.63) is 148 Å². The number of allylic oxidation sites excluding steroid dienone is 2. The average Bonchev–Trinajstić information content (AvgIpc) is 2.86. The van der Waals surface area contributed by atoms with Crippen molar-refractivity contribution in [1.82, 2.24) is 0 Å². The molecule has 1 atom stereocenters. The van der Waals surface area contributed by atoms with Gasteiger partial charge in [0.1, 0.15) is 0 Å². The van der Waals surface area contributed by atoms with Crippen molar-refractivity contribution in [3.63, 3.8) is 0 Å². The maximum atomic E-state index is 13.2. The summed E-state index contributed by atoms with van der Waals surface area (Å²) in [5.41, 5.74) is 1.54. The summed E-state index contributed by atoms with van der Waals surface area (Å²) in [5, 5.41) is 2.86. The smallest absolute Gasteiger partial charge is 0.166 e. The summed E-state index contributed by atoms with van der Waals surface area (Å²) in [6, 6.07) is 29.2. The van der Waals surface area contributed by atoms with Crippen LogP contribution in [0.15, 0.2) is 121 Å². The van der Waals surface area contributed by atoms with Crippen LogP contribution in [0.5, 0.6) is 0 Å². The predicted molar refractivity (Wildman–Crippen MR) is 136 cm³/mol. The van der Waals surface area contributed by atoms with Crippen LogP contribution in [-0.4, -0.2) is 0 Å². The van der Waals surface area contributed by atoms with E-state index in [1.165, 1.54) is 24.3 Å². The van der Waals surface area contributed by atoms with Gasteiger partial charge in [-0.25, -0.2) is 0 Å². The molecular weight excluding hydrogens is 505 g/mol. The van der Waals surface area contributed by atoms with E-state index in [1.54, 1.807) is 0 Å². The molecule has 4 aromatic rings. The molecule has 0 amide bonds. The molecule has 1 heterocycles. The lowest BCUT2D eigenvalue weighted by atomic mass is 9.95. The molecule has 0 saturated heterocycles. The Morgan fingerprint density at radius 1 is 0.514 bits per heavy atom. The zero-order valence-electron chi connectivity index (χ0n) is 19.2. The van der Waals surface area contributed by atoms with Crippen molar-refractivity contribution in [2.45, 2.75) is 12.4 Å². The van der Waals surface area contributed by atoms with E-state index in [4.69, 9.17) is 0 Å². The highest BCUT2D eigenvalue weighted by molar-refractivity contribution is 7.81. The molecule has 0 bridgehead atoms. The third-order valence-electron chi connectivity index (χ3n) is 6.10. The highest BCUT2D eigenvalue weighted by Crippen LogP contribution is 2.67. The second kappa shape index (κ2) is 9.68. The summed E-state index contributed by atoms with van der Waals surface area (Å²) in [7, 11) is -1.11. The summed E-state index contributed by atoms with van der Waals surface area (Å²) in [6.07, 6.45) is -6.92. The van der Waals surface area contributed by atoms with Gasteiger partial charge in [0.2, 0.25) is 0 Å². The fourth-order valence-electron chi connectivity index (χ4n) is 4.30. The standard InChI is InChI=1S/C30H19F6P/c31-29(32,33)23-15-11-20(12-16-23)26-19-27(37(26)25-9-5-2-6-10-25)28(21-7-3-1-4-8-21)22-13-17-24(18-14-22)30(34,35)36/h1-19H/b28-27-. The van der Waals surface area contributed by atoms with Crippen LogP contribution in [0.2, 0.25) is 0 Å². The lowest BCUT2D eigenvalue weighted by Gasteiger charge is -2.34. The second-order valence-electron chi connectivity index (χ2n) is 8.48. The maximum absolute atomic E-state index is 13.2. The Morgan fingerprint density at radius 2 is 0.973 bits per heavy atom. The van der Waals surface area contributed by atoms with Gasteiger partial charge in [-0.15, -0.1) is 0 Å². The first-order valence-corrected chi connectivity index (χ1v) is 12.7. The zero-order chi connectivity index (χ0) is 26.2. The summed E-state index contributed by atoms with van der Waals surface area (Å²) < 4.78 is 79.0. The van der Waals surface area contributed by atoms with E-state index >= 15 is 0 Å². The number of hydrogen-bond acceptors (Lipinski definition) is 0. The normalized spacial score (nSPS) is 17.1. The van der Waals surface area contributed by atoms with E-state index in [2.05, 4.69) is 0 Å². The minimum absolute atomic E-state index is 0.639. The van der Waals surface area contributed by atoms with Crippen LogP contribution >= 0.6 is 7.92 Å². The van der Waals surface area contributed by atoms with Crippen molar-refractivity contribution < 1.29 is 26.3 Å². The fraction of sp³-hybridized carbons (Fsp3) is 0.0667. The first-order chi connectivity index (χ1) is 17.6. The Bertz CT molecular complexity index is 1450. The van der Waals surface area contributed by atoms with E-state index in [1.807, 2.05) is 66.7 Å². The van der Waals surface area contributed by atoms with Crippen molar-refractivity contribution in [1.29, 1.82) is 0 Å². The van der Waals surface area contributed by atoms with Gasteiger partial charge in [0, 0.05) is 0 Å². The molecule has 0 nitrogen and oxygen atoms in total. The third-order valence-corrected chi connectivity index (χ3v) is 8.62. The Morgan fingerprint density at radius 3 is 1.49 bits per heavy atom. The minimum Gasteiger partial charge on any atom is -0.166 e. The molecule has 4 aromatic carbocycles. The van der Waals surface area contributed by atoms with E-state index in [-0.39, 0.29) is 0 Å². The van der Waals surface area contributed by atoms with Crippen molar-refractivity contribution in [2.75, 3.05) is 0 Å². The molecule has 0 saturated carbocycles. The summed E-state index contributed by atoms with van der Waals surface area (Å²) in [5.74, 6) is 0. The molecule has 5 rings (SSSR count). The van der Waals surface area contributed by atoms with Gasteiger partial charge in [-0.1, -0.05) is 84.9 Å². The number of alkyl halides is 6. The molecule has 37 heavy (non-hydrogen) atoms. The van der Waals surface area contributed by atoms with Gasteiger partial charge in [-0.05, 0) is 76.5 Å². The summed E-state index contributed by atoms with van der Waals surface area (Å²) in [4.78, 5) is 0. The van der Waals surface area contributed by atoms with Gasteiger partial charge in [0.05, 0.1) is 11.1 Å². The third kappa shape index (κ3) is 5.12. The lowest BCUT2D eigenvalue weighted by molar-refractivity contribution is -0.138. The maximum Gasteiger partial charge on any atom is 0.416 e. The fourth-order valence-corrected chi connectivity index (χ4v) is 6.78. The SMILES string of the molecule is FC(F)(F)c1ccc(C2=C/C(=C(\c3ccccc3)c3ccc(C(F)(F)F)cc3)P2c2ccccc2)cc1. The Labute approximate surface area is 211 Å². The van der Waals surface area contributed by atoms with Crippen LogP contribution < -0.4 is 5.30 Å². The van der Waals surface area contributed by atoms with Gasteiger partial charge in [0.15, 0.2) is 0 Å². The van der Waals surface area contributed by atoms with Crippen LogP contribution in [0.1, 0.15) is 27.8 Å². The van der Waals surface area contributed by atoms with E-state index in [9.17, 15) is 26.3 Å². The van der Waals surface area contributed by atoms with Crippen molar-refractivity contribution >= 4 is 24.1 Å². The van der Waals surface area contributed by atoms with Gasteiger partial charge < -0.3 is 0 Å². The lowest BCUT2D eigenvalue weighted by Crippen LogP contribution is -2.12. The molecule has 7 heteroatoms. The Kier molecular flexibility index (Phi) is 6.55. The van der Waals surface area contributed by atoms with Crippen LogP contribution in [0, 0.1) is 0 Å². The van der Waals surface area contributed by atoms with Crippen LogP contribution in [-0.2, 0) is 12.4 Å². The molecule has 1 unspecified atom stereocenters. The molecule has 0 spiro atoms. The molecular formula is C30H19F6P. The molecule has 186 valence electrons. The second-order valence-corrected chi connectivity index (χ2v) is 10.6. The predicted octanol–water partition coefficient (Wildman–Crippen LogP) is 9.35. The monoisotopic (exact) mass is 524 g/mol. The molecule has 0 aromatic heterocycles. The highest BCUT2D eigenvalue weighted by Gasteiger charge is 2.35. The first kappa shape index (κ1) is 25.0. The summed E-state index contributed by atoms with van der Waals surface area (Å²) in [6.45, 7) is 0. The molecule has 0 radical (unpaired) electrons. The van der Waals surface area contributed by atoms with Crippen LogP contribution in [0.3, 0.4) is 0 Å². The van der Waals surface area contributed by atoms with E-state index < -0.39 is 31.4 Å². The Hall–Kier alpha value is -3.63. The minimum atomic E-state index is -4.44. The van der Waals surface area contributed by atoms with Crippen molar-refractivity contribution in [3.8, 4) is 0 Å². The molecule has 1 aliphatic rings. The largest absolute Gasteiger partial charge is 0.416 e. The topological polar surface area (TPSA) is 0 Å². The molecule has 0 aliphatic carbocycles. The van der Waals surface area contributed by atoms with Crippen LogP contribution in [0.25, 0.3) is 10.9 Å². The number of hydrogen-bond donors (Lipinski definition) is 0. The van der Waals surface area contributed by atoms with Gasteiger partial charge in [-0.2, -0.15) is 26.3 Å². The van der Waals surface area contributed by atoms with Crippen LogP contribution in [0.4, 0.5) is 26.3 Å². The molecule has 0 fully saturated rings. The highest BCUT2D eigenvalue weighted by atomic mass is 31.1. The first-order valence-electron chi connectivity index (χ1n) is 11.3. The van der Waals surface area contributed by atoms with Gasteiger partial charge in [-0.3, -0.25) is 0 Å². The quantitative estimate of drug-likeness (QED) is 0.184. The number of rotatable bonds is 4. The number of benzene rings is 4. The molecule has 0 N–H and O–H groups in total. The average molecular weight is 524 g/mol. The Balaban J connectivity index is 1.69. The number of halogens is 6.